The maximum atomic E-state index is 13.8. The van der Waals surface area contributed by atoms with Gasteiger partial charge in [-0.25, -0.2) is 4.39 Å². The van der Waals surface area contributed by atoms with Gasteiger partial charge in [0.2, 0.25) is 5.91 Å². The molecule has 5 aliphatic rings. The Labute approximate surface area is 166 Å². The van der Waals surface area contributed by atoms with E-state index in [-0.39, 0.29) is 23.2 Å². The molecule has 1 saturated heterocycles. The highest BCUT2D eigenvalue weighted by Gasteiger charge is 2.57. The van der Waals surface area contributed by atoms with E-state index in [4.69, 9.17) is 4.74 Å². The van der Waals surface area contributed by atoms with Gasteiger partial charge >= 0.3 is 0 Å². The summed E-state index contributed by atoms with van der Waals surface area (Å²) in [4.78, 5) is 15.0. The van der Waals surface area contributed by atoms with Gasteiger partial charge in [-0.05, 0) is 67.9 Å². The minimum absolute atomic E-state index is 0.0242. The summed E-state index contributed by atoms with van der Waals surface area (Å²) in [6.45, 7) is 1.34. The molecule has 0 aromatic heterocycles. The van der Waals surface area contributed by atoms with Gasteiger partial charge in [0, 0.05) is 32.4 Å². The van der Waals surface area contributed by atoms with Crippen LogP contribution in [0.25, 0.3) is 0 Å². The number of halogens is 1. The predicted molar refractivity (Wildman–Crippen MR) is 103 cm³/mol. The van der Waals surface area contributed by atoms with Crippen LogP contribution in [0.5, 0.6) is 5.75 Å². The van der Waals surface area contributed by atoms with E-state index in [1.54, 1.807) is 18.2 Å². The Bertz CT molecular complexity index is 744. The number of para-hydroxylation sites is 1. The fraction of sp³-hybridized carbons (Fsp3) is 0.696. The molecule has 1 heterocycles. The average Bonchev–Trinajstić information content (AvgIpc) is 2.62. The highest BCUT2D eigenvalue weighted by atomic mass is 19.1. The highest BCUT2D eigenvalue weighted by Crippen LogP contribution is 2.62. The van der Waals surface area contributed by atoms with E-state index in [1.807, 2.05) is 4.90 Å². The highest BCUT2D eigenvalue weighted by molar-refractivity contribution is 5.77. The van der Waals surface area contributed by atoms with Gasteiger partial charge < -0.3 is 14.7 Å². The number of hydrogen-bond donors (Lipinski definition) is 1. The largest absolute Gasteiger partial charge is 0.487 e. The molecular formula is C23H30FNO3. The van der Waals surface area contributed by atoms with Crippen molar-refractivity contribution in [3.05, 3.63) is 30.1 Å². The van der Waals surface area contributed by atoms with Crippen LogP contribution in [-0.2, 0) is 4.79 Å². The Hall–Kier alpha value is -1.62. The second-order valence-electron chi connectivity index (χ2n) is 9.99. The monoisotopic (exact) mass is 387 g/mol. The Kier molecular flexibility index (Phi) is 4.42. The average molecular weight is 387 g/mol. The molecule has 1 amide bonds. The molecule has 0 radical (unpaired) electrons. The fourth-order valence-electron chi connectivity index (χ4n) is 6.98. The van der Waals surface area contributed by atoms with Crippen molar-refractivity contribution >= 4 is 5.91 Å². The smallest absolute Gasteiger partial charge is 0.223 e. The Morgan fingerprint density at radius 2 is 1.82 bits per heavy atom. The standard InChI is InChI=1S/C23H30FNO3/c24-19-3-1-2-4-20(19)28-18-5-7-25(8-6-18)21(26)14-22-10-16-9-17(11-22)13-23(27,12-16)15-22/h1-4,16-18,27H,5-15H2/t16-,17-,22?,23?/m0/s1. The predicted octanol–water partition coefficient (Wildman–Crippen LogP) is 3.92. The van der Waals surface area contributed by atoms with Gasteiger partial charge in [-0.15, -0.1) is 0 Å². The van der Waals surface area contributed by atoms with E-state index >= 15 is 0 Å². The molecule has 0 spiro atoms. The molecule has 5 fully saturated rings. The van der Waals surface area contributed by atoms with Crippen molar-refractivity contribution in [3.8, 4) is 5.75 Å². The maximum Gasteiger partial charge on any atom is 0.223 e. The number of nitrogens with zero attached hydrogens (tertiary/aromatic N) is 1. The summed E-state index contributed by atoms with van der Waals surface area (Å²) < 4.78 is 19.6. The van der Waals surface area contributed by atoms with Crippen LogP contribution in [0.2, 0.25) is 0 Å². The van der Waals surface area contributed by atoms with Crippen LogP contribution >= 0.6 is 0 Å². The minimum atomic E-state index is -0.509. The first-order valence-corrected chi connectivity index (χ1v) is 10.8. The van der Waals surface area contributed by atoms with Crippen LogP contribution in [0.1, 0.15) is 57.8 Å². The number of carbonyl (C=O) groups excluding carboxylic acids is 1. The number of likely N-dealkylation sites (tertiary alicyclic amines) is 1. The third kappa shape index (κ3) is 3.42. The molecule has 1 aromatic carbocycles. The van der Waals surface area contributed by atoms with E-state index in [0.717, 1.165) is 44.9 Å². The molecule has 152 valence electrons. The van der Waals surface area contributed by atoms with Crippen LogP contribution in [-0.4, -0.2) is 40.7 Å². The number of ether oxygens (including phenoxy) is 1. The molecule has 4 nitrogen and oxygen atoms in total. The fourth-order valence-corrected chi connectivity index (χ4v) is 6.98. The van der Waals surface area contributed by atoms with Crippen molar-refractivity contribution in [1.82, 2.24) is 4.90 Å². The zero-order valence-electron chi connectivity index (χ0n) is 16.4. The lowest BCUT2D eigenvalue weighted by Crippen LogP contribution is -2.57. The molecule has 1 N–H and O–H groups in total. The number of amides is 1. The number of hydrogen-bond acceptors (Lipinski definition) is 3. The third-order valence-electron chi connectivity index (χ3n) is 7.60. The molecule has 1 aliphatic heterocycles. The van der Waals surface area contributed by atoms with Crippen LogP contribution < -0.4 is 4.74 Å². The van der Waals surface area contributed by atoms with Gasteiger partial charge in [-0.1, -0.05) is 12.1 Å². The minimum Gasteiger partial charge on any atom is -0.487 e. The zero-order chi connectivity index (χ0) is 19.4. The van der Waals surface area contributed by atoms with E-state index in [0.29, 0.717) is 37.1 Å². The summed E-state index contributed by atoms with van der Waals surface area (Å²) in [5.41, 5.74) is -0.485. The van der Waals surface area contributed by atoms with Crippen molar-refractivity contribution in [3.63, 3.8) is 0 Å². The lowest BCUT2D eigenvalue weighted by atomic mass is 9.47. The topological polar surface area (TPSA) is 49.8 Å². The summed E-state index contributed by atoms with van der Waals surface area (Å²) in [5.74, 6) is 1.42. The number of piperidine rings is 1. The van der Waals surface area contributed by atoms with E-state index < -0.39 is 5.60 Å². The van der Waals surface area contributed by atoms with Crippen LogP contribution in [0.15, 0.2) is 24.3 Å². The number of benzene rings is 1. The second-order valence-corrected chi connectivity index (χ2v) is 9.99. The Morgan fingerprint density at radius 3 is 2.46 bits per heavy atom. The summed E-state index contributed by atoms with van der Waals surface area (Å²) in [7, 11) is 0. The van der Waals surface area contributed by atoms with Crippen LogP contribution in [0, 0.1) is 23.1 Å². The Balaban J connectivity index is 1.17. The molecule has 1 aromatic rings. The molecule has 5 heteroatoms. The van der Waals surface area contributed by atoms with E-state index in [2.05, 4.69) is 0 Å². The molecule has 2 atom stereocenters. The van der Waals surface area contributed by atoms with Gasteiger partial charge in [0.15, 0.2) is 11.6 Å². The number of rotatable bonds is 4. The SMILES string of the molecule is O=C(CC12C[C@@H]3C[C@H](CC(O)(C3)C1)C2)N1CCC(Oc2ccccc2F)CC1. The lowest BCUT2D eigenvalue weighted by molar-refractivity contribution is -0.172. The summed E-state index contributed by atoms with van der Waals surface area (Å²) in [6, 6.07) is 6.50. The molecular weight excluding hydrogens is 357 g/mol. The normalized spacial score (nSPS) is 37.3. The quantitative estimate of drug-likeness (QED) is 0.852. The van der Waals surface area contributed by atoms with Gasteiger partial charge in [0.25, 0.3) is 0 Å². The van der Waals surface area contributed by atoms with E-state index in [1.165, 1.54) is 12.5 Å². The third-order valence-corrected chi connectivity index (χ3v) is 7.60. The Morgan fingerprint density at radius 1 is 1.14 bits per heavy atom. The molecule has 0 unspecified atom stereocenters. The molecule has 4 aliphatic carbocycles. The molecule has 28 heavy (non-hydrogen) atoms. The van der Waals surface area contributed by atoms with Crippen molar-refractivity contribution in [2.24, 2.45) is 17.3 Å². The molecule has 6 rings (SSSR count). The number of carbonyl (C=O) groups is 1. The zero-order valence-corrected chi connectivity index (χ0v) is 16.4. The summed E-state index contributed by atoms with van der Waals surface area (Å²) >= 11 is 0. The van der Waals surface area contributed by atoms with Crippen molar-refractivity contribution in [2.75, 3.05) is 13.1 Å². The van der Waals surface area contributed by atoms with Crippen LogP contribution in [0.4, 0.5) is 4.39 Å². The van der Waals surface area contributed by atoms with Gasteiger partial charge in [-0.2, -0.15) is 0 Å². The van der Waals surface area contributed by atoms with Gasteiger partial charge in [0.05, 0.1) is 5.60 Å². The lowest BCUT2D eigenvalue weighted by Gasteiger charge is -2.60. The van der Waals surface area contributed by atoms with Gasteiger partial charge in [0.1, 0.15) is 6.10 Å². The van der Waals surface area contributed by atoms with Gasteiger partial charge in [-0.3, -0.25) is 4.79 Å². The van der Waals surface area contributed by atoms with E-state index in [9.17, 15) is 14.3 Å². The molecule has 4 saturated carbocycles. The summed E-state index contributed by atoms with van der Waals surface area (Å²) in [6.07, 6.45) is 8.20. The first kappa shape index (κ1) is 18.4. The van der Waals surface area contributed by atoms with Crippen molar-refractivity contribution in [2.45, 2.75) is 69.5 Å². The maximum absolute atomic E-state index is 13.8. The summed E-state index contributed by atoms with van der Waals surface area (Å²) in [5, 5.41) is 10.9. The second kappa shape index (κ2) is 6.72. The van der Waals surface area contributed by atoms with Crippen molar-refractivity contribution in [1.29, 1.82) is 0 Å². The molecule has 4 bridgehead atoms. The number of aliphatic hydroxyl groups is 1. The van der Waals surface area contributed by atoms with Crippen molar-refractivity contribution < 1.29 is 19.0 Å². The van der Waals surface area contributed by atoms with Crippen LogP contribution in [0.3, 0.4) is 0 Å². The first-order valence-electron chi connectivity index (χ1n) is 10.8. The first-order chi connectivity index (χ1) is 13.4.